The zero-order valence-electron chi connectivity index (χ0n) is 11.4. The Balaban J connectivity index is 2.71. The molecule has 0 aromatic carbocycles. The van der Waals surface area contributed by atoms with Gasteiger partial charge < -0.3 is 10.6 Å². The summed E-state index contributed by atoms with van der Waals surface area (Å²) in [4.78, 5) is 2.24. The molecule has 2 N–H and O–H groups in total. The van der Waals surface area contributed by atoms with Crippen LogP contribution in [0.5, 0.6) is 0 Å². The van der Waals surface area contributed by atoms with Crippen molar-refractivity contribution in [3.8, 4) is 0 Å². The Hall–Kier alpha value is -0.580. The van der Waals surface area contributed by atoms with E-state index >= 15 is 0 Å². The monoisotopic (exact) mass is 258 g/mol. The number of nitrogens with zero attached hydrogens (tertiary/aromatic N) is 3. The summed E-state index contributed by atoms with van der Waals surface area (Å²) in [5.41, 5.74) is 7.96. The van der Waals surface area contributed by atoms with Crippen LogP contribution in [-0.2, 0) is 13.6 Å². The van der Waals surface area contributed by atoms with Crippen molar-refractivity contribution in [1.82, 2.24) is 14.7 Å². The van der Waals surface area contributed by atoms with E-state index < -0.39 is 0 Å². The third kappa shape index (κ3) is 3.69. The van der Waals surface area contributed by atoms with Gasteiger partial charge in [-0.3, -0.25) is 4.68 Å². The highest BCUT2D eigenvalue weighted by atomic mass is 35.5. The molecule has 98 valence electrons. The van der Waals surface area contributed by atoms with E-state index in [1.54, 1.807) is 4.68 Å². The SMILES string of the molecule is Cc1nn(C)c(Cl)c1CN(C)CC(C)(C)CN. The second-order valence-corrected chi connectivity index (χ2v) is 5.88. The van der Waals surface area contributed by atoms with E-state index in [2.05, 4.69) is 30.9 Å². The smallest absolute Gasteiger partial charge is 0.131 e. The van der Waals surface area contributed by atoms with Gasteiger partial charge in [0.25, 0.3) is 0 Å². The summed E-state index contributed by atoms with van der Waals surface area (Å²) < 4.78 is 1.72. The van der Waals surface area contributed by atoms with Gasteiger partial charge in [-0.2, -0.15) is 5.10 Å². The molecule has 0 atom stereocenters. The van der Waals surface area contributed by atoms with E-state index in [9.17, 15) is 0 Å². The summed E-state index contributed by atoms with van der Waals surface area (Å²) in [5, 5.41) is 5.04. The maximum absolute atomic E-state index is 6.21. The molecule has 4 nitrogen and oxygen atoms in total. The van der Waals surface area contributed by atoms with Crippen LogP contribution in [0.15, 0.2) is 0 Å². The van der Waals surface area contributed by atoms with E-state index in [1.807, 2.05) is 14.0 Å². The summed E-state index contributed by atoms with van der Waals surface area (Å²) >= 11 is 6.21. The molecule has 0 fully saturated rings. The largest absolute Gasteiger partial charge is 0.330 e. The molecule has 17 heavy (non-hydrogen) atoms. The van der Waals surface area contributed by atoms with Gasteiger partial charge in [0.2, 0.25) is 0 Å². The standard InChI is InChI=1S/C12H23ClN4/c1-9-10(11(13)17(5)15-9)6-16(4)8-12(2,3)7-14/h6-8,14H2,1-5H3. The van der Waals surface area contributed by atoms with Gasteiger partial charge in [-0.05, 0) is 25.9 Å². The first kappa shape index (κ1) is 14.5. The van der Waals surface area contributed by atoms with E-state index in [1.165, 1.54) is 0 Å². The Morgan fingerprint density at radius 1 is 1.47 bits per heavy atom. The third-order valence-electron chi connectivity index (χ3n) is 2.95. The van der Waals surface area contributed by atoms with Gasteiger partial charge in [-0.25, -0.2) is 0 Å². The fraction of sp³-hybridized carbons (Fsp3) is 0.750. The average Bonchev–Trinajstić information content (AvgIpc) is 2.44. The van der Waals surface area contributed by atoms with Crippen LogP contribution in [0, 0.1) is 12.3 Å². The van der Waals surface area contributed by atoms with Crippen LogP contribution in [0.3, 0.4) is 0 Å². The lowest BCUT2D eigenvalue weighted by Crippen LogP contribution is -2.36. The first-order chi connectivity index (χ1) is 7.76. The molecule has 1 aromatic heterocycles. The van der Waals surface area contributed by atoms with Gasteiger partial charge in [0, 0.05) is 25.7 Å². The Kier molecular flexibility index (Phi) is 4.58. The van der Waals surface area contributed by atoms with Crippen LogP contribution in [0.25, 0.3) is 0 Å². The fourth-order valence-electron chi connectivity index (χ4n) is 1.97. The minimum atomic E-state index is 0.122. The lowest BCUT2D eigenvalue weighted by molar-refractivity contribution is 0.209. The molecule has 0 aliphatic carbocycles. The topological polar surface area (TPSA) is 47.1 Å². The first-order valence-corrected chi connectivity index (χ1v) is 6.21. The lowest BCUT2D eigenvalue weighted by Gasteiger charge is -2.28. The number of rotatable bonds is 5. The molecule has 0 unspecified atom stereocenters. The Labute approximate surface area is 109 Å². The molecule has 0 radical (unpaired) electrons. The predicted octanol–water partition coefficient (Wildman–Crippen LogP) is 1.80. The Bertz CT molecular complexity index is 384. The maximum Gasteiger partial charge on any atom is 0.131 e. The van der Waals surface area contributed by atoms with Crippen molar-refractivity contribution < 1.29 is 0 Å². The highest BCUT2D eigenvalue weighted by Crippen LogP contribution is 2.22. The number of hydrogen-bond acceptors (Lipinski definition) is 3. The molecule has 0 spiro atoms. The van der Waals surface area contributed by atoms with E-state index in [-0.39, 0.29) is 5.41 Å². The third-order valence-corrected chi connectivity index (χ3v) is 3.42. The van der Waals surface area contributed by atoms with Crippen molar-refractivity contribution >= 4 is 11.6 Å². The minimum absolute atomic E-state index is 0.122. The van der Waals surface area contributed by atoms with Crippen molar-refractivity contribution in [3.05, 3.63) is 16.4 Å². The van der Waals surface area contributed by atoms with Crippen molar-refractivity contribution in [2.24, 2.45) is 18.2 Å². The second-order valence-electron chi connectivity index (χ2n) is 5.52. The van der Waals surface area contributed by atoms with E-state index in [0.29, 0.717) is 6.54 Å². The summed E-state index contributed by atoms with van der Waals surface area (Å²) in [5.74, 6) is 0. The van der Waals surface area contributed by atoms with Crippen LogP contribution in [0.4, 0.5) is 0 Å². The average molecular weight is 259 g/mol. The lowest BCUT2D eigenvalue weighted by atomic mass is 9.93. The number of aromatic nitrogens is 2. The Morgan fingerprint density at radius 2 is 2.06 bits per heavy atom. The number of halogens is 1. The maximum atomic E-state index is 6.21. The summed E-state index contributed by atoms with van der Waals surface area (Å²) in [6, 6.07) is 0. The summed E-state index contributed by atoms with van der Waals surface area (Å²) in [6.07, 6.45) is 0. The first-order valence-electron chi connectivity index (χ1n) is 5.83. The highest BCUT2D eigenvalue weighted by molar-refractivity contribution is 6.30. The molecule has 0 amide bonds. The molecule has 5 heteroatoms. The van der Waals surface area contributed by atoms with Crippen molar-refractivity contribution in [2.75, 3.05) is 20.1 Å². The molecular formula is C12H23ClN4. The molecule has 0 saturated heterocycles. The van der Waals surface area contributed by atoms with Crippen molar-refractivity contribution in [1.29, 1.82) is 0 Å². The van der Waals surface area contributed by atoms with E-state index in [4.69, 9.17) is 17.3 Å². The molecular weight excluding hydrogens is 236 g/mol. The number of nitrogens with two attached hydrogens (primary N) is 1. The van der Waals surface area contributed by atoms with E-state index in [0.717, 1.165) is 29.5 Å². The normalized spacial score (nSPS) is 12.5. The molecule has 1 aromatic rings. The van der Waals surface area contributed by atoms with Crippen LogP contribution in [0.2, 0.25) is 5.15 Å². The zero-order valence-corrected chi connectivity index (χ0v) is 12.2. The summed E-state index contributed by atoms with van der Waals surface area (Å²) in [7, 11) is 3.95. The summed E-state index contributed by atoms with van der Waals surface area (Å²) in [6.45, 7) is 8.75. The molecule has 0 aliphatic heterocycles. The predicted molar refractivity (Wildman–Crippen MR) is 72.1 cm³/mol. The number of aryl methyl sites for hydroxylation is 2. The molecule has 0 bridgehead atoms. The highest BCUT2D eigenvalue weighted by Gasteiger charge is 2.20. The van der Waals surface area contributed by atoms with Gasteiger partial charge in [-0.1, -0.05) is 25.4 Å². The van der Waals surface area contributed by atoms with Crippen LogP contribution >= 0.6 is 11.6 Å². The van der Waals surface area contributed by atoms with Crippen LogP contribution in [-0.4, -0.2) is 34.8 Å². The van der Waals surface area contributed by atoms with Crippen LogP contribution in [0.1, 0.15) is 25.1 Å². The molecule has 0 aliphatic rings. The minimum Gasteiger partial charge on any atom is -0.330 e. The van der Waals surface area contributed by atoms with Crippen molar-refractivity contribution in [2.45, 2.75) is 27.3 Å². The molecule has 1 rings (SSSR count). The zero-order chi connectivity index (χ0) is 13.2. The molecule has 0 saturated carbocycles. The Morgan fingerprint density at radius 3 is 2.47 bits per heavy atom. The van der Waals surface area contributed by atoms with Gasteiger partial charge in [0.15, 0.2) is 0 Å². The van der Waals surface area contributed by atoms with Crippen molar-refractivity contribution in [3.63, 3.8) is 0 Å². The molecule has 1 heterocycles. The quantitative estimate of drug-likeness (QED) is 0.876. The number of hydrogen-bond donors (Lipinski definition) is 1. The van der Waals surface area contributed by atoms with Gasteiger partial charge in [0.1, 0.15) is 5.15 Å². The fourth-order valence-corrected chi connectivity index (χ4v) is 2.21. The van der Waals surface area contributed by atoms with Crippen LogP contribution < -0.4 is 5.73 Å². The second kappa shape index (κ2) is 5.38. The van der Waals surface area contributed by atoms with Gasteiger partial charge >= 0.3 is 0 Å². The van der Waals surface area contributed by atoms with Gasteiger partial charge in [0.05, 0.1) is 5.69 Å². The van der Waals surface area contributed by atoms with Gasteiger partial charge in [-0.15, -0.1) is 0 Å².